The van der Waals surface area contributed by atoms with Crippen LogP contribution in [0.25, 0.3) is 0 Å². The third-order valence-corrected chi connectivity index (χ3v) is 3.72. The molecule has 0 aromatic heterocycles. The highest BCUT2D eigenvalue weighted by Crippen LogP contribution is 2.18. The maximum absolute atomic E-state index is 11.9. The van der Waals surface area contributed by atoms with Gasteiger partial charge in [-0.2, -0.15) is 0 Å². The lowest BCUT2D eigenvalue weighted by Gasteiger charge is -2.14. The van der Waals surface area contributed by atoms with Crippen LogP contribution in [-0.4, -0.2) is 18.5 Å². The zero-order valence-corrected chi connectivity index (χ0v) is 13.9. The van der Waals surface area contributed by atoms with Gasteiger partial charge >= 0.3 is 5.97 Å². The lowest BCUT2D eigenvalue weighted by atomic mass is 10.1. The molecule has 2 aromatic rings. The molecular formula is C17H15Cl2NO3. The lowest BCUT2D eigenvalue weighted by molar-refractivity contribution is -0.124. The van der Waals surface area contributed by atoms with E-state index in [0.717, 1.165) is 5.56 Å². The molecule has 2 rings (SSSR count). The van der Waals surface area contributed by atoms with Gasteiger partial charge in [0.2, 0.25) is 0 Å². The summed E-state index contributed by atoms with van der Waals surface area (Å²) in [5.74, 6) is -1.04. The summed E-state index contributed by atoms with van der Waals surface area (Å²) in [6.45, 7) is 1.44. The summed E-state index contributed by atoms with van der Waals surface area (Å²) in [5.41, 5.74) is 1.09. The zero-order chi connectivity index (χ0) is 16.8. The number of hydrogen-bond acceptors (Lipinski definition) is 3. The predicted octanol–water partition coefficient (Wildman–Crippen LogP) is 4.03. The SMILES string of the molecule is C[C@H](NC(=O)COC(=O)c1ccccc1Cl)c1cccc(Cl)c1. The fraction of sp³-hybridized carbons (Fsp3) is 0.176. The van der Waals surface area contributed by atoms with Gasteiger partial charge in [-0.1, -0.05) is 47.5 Å². The molecule has 0 radical (unpaired) electrons. The predicted molar refractivity (Wildman–Crippen MR) is 89.7 cm³/mol. The molecule has 0 aliphatic carbocycles. The van der Waals surface area contributed by atoms with Gasteiger partial charge in [-0.3, -0.25) is 4.79 Å². The molecule has 6 heteroatoms. The molecule has 0 unspecified atom stereocenters. The van der Waals surface area contributed by atoms with Gasteiger partial charge in [-0.15, -0.1) is 0 Å². The van der Waals surface area contributed by atoms with Crippen molar-refractivity contribution >= 4 is 35.1 Å². The second-order valence-electron chi connectivity index (χ2n) is 4.90. The van der Waals surface area contributed by atoms with E-state index in [1.54, 1.807) is 36.4 Å². The zero-order valence-electron chi connectivity index (χ0n) is 12.4. The summed E-state index contributed by atoms with van der Waals surface area (Å²) in [7, 11) is 0. The number of nitrogens with one attached hydrogen (secondary N) is 1. The smallest absolute Gasteiger partial charge is 0.340 e. The Bertz CT molecular complexity index is 718. The van der Waals surface area contributed by atoms with E-state index in [0.29, 0.717) is 5.02 Å². The first-order valence-electron chi connectivity index (χ1n) is 6.94. The number of hydrogen-bond donors (Lipinski definition) is 1. The van der Waals surface area contributed by atoms with E-state index in [1.807, 2.05) is 13.0 Å². The van der Waals surface area contributed by atoms with Crippen molar-refractivity contribution in [2.45, 2.75) is 13.0 Å². The molecule has 0 saturated heterocycles. The molecule has 0 spiro atoms. The second kappa shape index (κ2) is 7.99. The highest BCUT2D eigenvalue weighted by molar-refractivity contribution is 6.33. The Hall–Kier alpha value is -2.04. The van der Waals surface area contributed by atoms with Crippen LogP contribution in [0.2, 0.25) is 10.0 Å². The Morgan fingerprint density at radius 3 is 2.57 bits per heavy atom. The molecule has 0 aliphatic heterocycles. The molecule has 2 aromatic carbocycles. The molecule has 0 bridgehead atoms. The van der Waals surface area contributed by atoms with Gasteiger partial charge in [0.05, 0.1) is 16.6 Å². The average Bonchev–Trinajstić information content (AvgIpc) is 2.53. The number of halogens is 2. The van der Waals surface area contributed by atoms with Gasteiger partial charge in [0.25, 0.3) is 5.91 Å². The summed E-state index contributed by atoms with van der Waals surface area (Å²) in [5, 5.41) is 3.61. The van der Waals surface area contributed by atoms with Crippen molar-refractivity contribution in [3.05, 3.63) is 69.7 Å². The summed E-state index contributed by atoms with van der Waals surface area (Å²) in [6, 6.07) is 13.4. The van der Waals surface area contributed by atoms with E-state index in [1.165, 1.54) is 6.07 Å². The Balaban J connectivity index is 1.88. The van der Waals surface area contributed by atoms with Crippen LogP contribution in [0.4, 0.5) is 0 Å². The monoisotopic (exact) mass is 351 g/mol. The largest absolute Gasteiger partial charge is 0.452 e. The van der Waals surface area contributed by atoms with Crippen molar-refractivity contribution in [1.82, 2.24) is 5.32 Å². The normalized spacial score (nSPS) is 11.6. The van der Waals surface area contributed by atoms with Crippen molar-refractivity contribution < 1.29 is 14.3 Å². The van der Waals surface area contributed by atoms with Gasteiger partial charge in [0.15, 0.2) is 6.61 Å². The van der Waals surface area contributed by atoms with E-state index >= 15 is 0 Å². The molecule has 1 atom stereocenters. The number of amides is 1. The molecule has 120 valence electrons. The molecule has 0 aliphatic rings. The Morgan fingerprint density at radius 1 is 1.13 bits per heavy atom. The summed E-state index contributed by atoms with van der Waals surface area (Å²) in [6.07, 6.45) is 0. The maximum Gasteiger partial charge on any atom is 0.340 e. The molecule has 0 saturated carbocycles. The van der Waals surface area contributed by atoms with E-state index in [2.05, 4.69) is 5.32 Å². The first-order valence-corrected chi connectivity index (χ1v) is 7.69. The van der Waals surface area contributed by atoms with E-state index in [4.69, 9.17) is 27.9 Å². The minimum atomic E-state index is -0.638. The topological polar surface area (TPSA) is 55.4 Å². The standard InChI is InChI=1S/C17H15Cl2NO3/c1-11(12-5-4-6-13(18)9-12)20-16(21)10-23-17(22)14-7-2-3-8-15(14)19/h2-9,11H,10H2,1H3,(H,20,21)/t11-/m0/s1. The minimum Gasteiger partial charge on any atom is -0.452 e. The van der Waals surface area contributed by atoms with Crippen LogP contribution >= 0.6 is 23.2 Å². The first kappa shape index (κ1) is 17.3. The summed E-state index contributed by atoms with van der Waals surface area (Å²) in [4.78, 5) is 23.7. The van der Waals surface area contributed by atoms with Crippen LogP contribution < -0.4 is 5.32 Å². The van der Waals surface area contributed by atoms with E-state index < -0.39 is 11.9 Å². The number of rotatable bonds is 5. The van der Waals surface area contributed by atoms with Crippen LogP contribution in [0.15, 0.2) is 48.5 Å². The van der Waals surface area contributed by atoms with Crippen LogP contribution in [0.1, 0.15) is 28.9 Å². The van der Waals surface area contributed by atoms with Crippen LogP contribution in [0.5, 0.6) is 0 Å². The van der Waals surface area contributed by atoms with Gasteiger partial charge in [0.1, 0.15) is 0 Å². The van der Waals surface area contributed by atoms with Gasteiger partial charge in [0, 0.05) is 5.02 Å². The third kappa shape index (κ3) is 4.98. The molecule has 23 heavy (non-hydrogen) atoms. The first-order chi connectivity index (χ1) is 11.0. The number of esters is 1. The fourth-order valence-electron chi connectivity index (χ4n) is 1.98. The molecule has 1 amide bonds. The Morgan fingerprint density at radius 2 is 1.87 bits per heavy atom. The molecule has 1 N–H and O–H groups in total. The van der Waals surface area contributed by atoms with Gasteiger partial charge < -0.3 is 10.1 Å². The number of benzene rings is 2. The highest BCUT2D eigenvalue weighted by atomic mass is 35.5. The number of ether oxygens (including phenoxy) is 1. The maximum atomic E-state index is 11.9. The van der Waals surface area contributed by atoms with Crippen molar-refractivity contribution in [1.29, 1.82) is 0 Å². The molecule has 0 fully saturated rings. The van der Waals surface area contributed by atoms with Gasteiger partial charge in [-0.05, 0) is 36.8 Å². The highest BCUT2D eigenvalue weighted by Gasteiger charge is 2.15. The fourth-order valence-corrected chi connectivity index (χ4v) is 2.39. The summed E-state index contributed by atoms with van der Waals surface area (Å²) < 4.78 is 4.97. The second-order valence-corrected chi connectivity index (χ2v) is 5.74. The van der Waals surface area contributed by atoms with Gasteiger partial charge in [-0.25, -0.2) is 4.79 Å². The Kier molecular flexibility index (Phi) is 6.02. The van der Waals surface area contributed by atoms with Crippen molar-refractivity contribution in [2.24, 2.45) is 0 Å². The molecular weight excluding hydrogens is 337 g/mol. The van der Waals surface area contributed by atoms with Crippen LogP contribution in [0.3, 0.4) is 0 Å². The number of carbonyl (C=O) groups is 2. The Labute approximate surface area is 144 Å². The number of carbonyl (C=O) groups excluding carboxylic acids is 2. The average molecular weight is 352 g/mol. The van der Waals surface area contributed by atoms with Crippen molar-refractivity contribution in [3.63, 3.8) is 0 Å². The molecule has 4 nitrogen and oxygen atoms in total. The van der Waals surface area contributed by atoms with Crippen molar-refractivity contribution in [2.75, 3.05) is 6.61 Å². The summed E-state index contributed by atoms with van der Waals surface area (Å²) >= 11 is 11.8. The lowest BCUT2D eigenvalue weighted by Crippen LogP contribution is -2.31. The quantitative estimate of drug-likeness (QED) is 0.827. The minimum absolute atomic E-state index is 0.227. The third-order valence-electron chi connectivity index (χ3n) is 3.15. The van der Waals surface area contributed by atoms with E-state index in [-0.39, 0.29) is 23.2 Å². The van der Waals surface area contributed by atoms with E-state index in [9.17, 15) is 9.59 Å². The van der Waals surface area contributed by atoms with Crippen LogP contribution in [0, 0.1) is 0 Å². The van der Waals surface area contributed by atoms with Crippen molar-refractivity contribution in [3.8, 4) is 0 Å². The molecule has 0 heterocycles. The van der Waals surface area contributed by atoms with Crippen LogP contribution in [-0.2, 0) is 9.53 Å².